The van der Waals surface area contributed by atoms with E-state index >= 15 is 0 Å². The molecule has 1 atom stereocenters. The van der Waals surface area contributed by atoms with Crippen LogP contribution < -0.4 is 21.2 Å². The standard InChI is InChI=1S/C27H20N2O3/c30-26-12-9-19-8-10-22(15-25(19)32-26)31-16-17-5-11-24-23(13-17)27(29-28-24)21-7-6-18-3-1-2-4-20(18)14-21/h1-15,27-29H,16H2. The van der Waals surface area contributed by atoms with Crippen LogP contribution in [-0.4, -0.2) is 0 Å². The Labute approximate surface area is 184 Å². The maximum atomic E-state index is 11.5. The highest BCUT2D eigenvalue weighted by atomic mass is 16.5. The van der Waals surface area contributed by atoms with Crippen molar-refractivity contribution in [1.82, 2.24) is 5.43 Å². The summed E-state index contributed by atoms with van der Waals surface area (Å²) in [4.78, 5) is 11.5. The summed E-state index contributed by atoms with van der Waals surface area (Å²) in [5.74, 6) is 0.662. The number of benzene rings is 4. The van der Waals surface area contributed by atoms with E-state index in [0.717, 1.165) is 16.6 Å². The summed E-state index contributed by atoms with van der Waals surface area (Å²) >= 11 is 0. The molecule has 0 amide bonds. The van der Waals surface area contributed by atoms with Crippen molar-refractivity contribution in [2.24, 2.45) is 0 Å². The fourth-order valence-corrected chi connectivity index (χ4v) is 4.23. The number of hydrogen-bond acceptors (Lipinski definition) is 5. The van der Waals surface area contributed by atoms with E-state index in [0.29, 0.717) is 17.9 Å². The van der Waals surface area contributed by atoms with Crippen LogP contribution >= 0.6 is 0 Å². The van der Waals surface area contributed by atoms with Gasteiger partial charge in [0.1, 0.15) is 17.9 Å². The van der Waals surface area contributed by atoms with Crippen LogP contribution in [-0.2, 0) is 6.61 Å². The van der Waals surface area contributed by atoms with Crippen molar-refractivity contribution in [2.45, 2.75) is 12.6 Å². The Balaban J connectivity index is 1.26. The average molecular weight is 420 g/mol. The van der Waals surface area contributed by atoms with Gasteiger partial charge in [-0.25, -0.2) is 10.2 Å². The predicted octanol–water partition coefficient (Wildman–Crippen LogP) is 5.54. The third-order valence-electron chi connectivity index (χ3n) is 5.89. The van der Waals surface area contributed by atoms with Gasteiger partial charge in [0.15, 0.2) is 0 Å². The zero-order chi connectivity index (χ0) is 21.5. The van der Waals surface area contributed by atoms with Crippen LogP contribution in [0.4, 0.5) is 5.69 Å². The summed E-state index contributed by atoms with van der Waals surface area (Å²) in [5, 5.41) is 3.32. The molecule has 1 aliphatic rings. The Hall–Kier alpha value is -4.09. The molecular weight excluding hydrogens is 400 g/mol. The molecule has 156 valence electrons. The van der Waals surface area contributed by atoms with Gasteiger partial charge in [-0.15, -0.1) is 0 Å². The number of hydrazine groups is 1. The fraction of sp³-hybridized carbons (Fsp3) is 0.0741. The lowest BCUT2D eigenvalue weighted by Crippen LogP contribution is -2.19. The number of fused-ring (bicyclic) bond motifs is 3. The van der Waals surface area contributed by atoms with Gasteiger partial charge in [-0.2, -0.15) is 0 Å². The van der Waals surface area contributed by atoms with Crippen molar-refractivity contribution in [2.75, 3.05) is 5.43 Å². The summed E-state index contributed by atoms with van der Waals surface area (Å²) < 4.78 is 11.3. The minimum Gasteiger partial charge on any atom is -0.489 e. The van der Waals surface area contributed by atoms with Crippen LogP contribution in [0.15, 0.2) is 100 Å². The van der Waals surface area contributed by atoms with Crippen molar-refractivity contribution >= 4 is 27.4 Å². The minimum absolute atomic E-state index is 0.0597. The van der Waals surface area contributed by atoms with Crippen LogP contribution in [0.1, 0.15) is 22.7 Å². The Morgan fingerprint density at radius 2 is 1.66 bits per heavy atom. The van der Waals surface area contributed by atoms with E-state index in [1.165, 1.54) is 28.0 Å². The smallest absolute Gasteiger partial charge is 0.336 e. The summed E-state index contributed by atoms with van der Waals surface area (Å²) in [6.45, 7) is 0.417. The number of anilines is 1. The second-order valence-electron chi connectivity index (χ2n) is 7.97. The van der Waals surface area contributed by atoms with Crippen molar-refractivity contribution in [3.05, 3.63) is 118 Å². The highest BCUT2D eigenvalue weighted by Gasteiger charge is 2.24. The summed E-state index contributed by atoms with van der Waals surface area (Å²) in [5.41, 5.74) is 11.4. The first-order valence-electron chi connectivity index (χ1n) is 10.5. The van der Waals surface area contributed by atoms with E-state index in [-0.39, 0.29) is 11.7 Å². The molecule has 4 aromatic carbocycles. The third kappa shape index (κ3) is 3.39. The van der Waals surface area contributed by atoms with Gasteiger partial charge in [0.05, 0.1) is 11.7 Å². The molecule has 2 N–H and O–H groups in total. The molecule has 5 heteroatoms. The van der Waals surface area contributed by atoms with Gasteiger partial charge in [0.2, 0.25) is 0 Å². The van der Waals surface area contributed by atoms with Crippen molar-refractivity contribution in [3.8, 4) is 5.75 Å². The first-order valence-corrected chi connectivity index (χ1v) is 10.5. The number of nitrogens with one attached hydrogen (secondary N) is 2. The summed E-state index contributed by atoms with van der Waals surface area (Å²) in [6, 6.07) is 30.0. The average Bonchev–Trinajstić information content (AvgIpc) is 3.25. The first-order chi connectivity index (χ1) is 15.7. The number of ether oxygens (including phenoxy) is 1. The molecule has 0 spiro atoms. The quantitative estimate of drug-likeness (QED) is 0.374. The normalized spacial score (nSPS) is 14.9. The Morgan fingerprint density at radius 1 is 0.812 bits per heavy atom. The second kappa shape index (κ2) is 7.55. The SMILES string of the molecule is O=c1ccc2ccc(OCc3ccc4c(c3)C(c3ccc5ccccc5c3)NN4)cc2o1. The molecule has 1 aromatic heterocycles. The van der Waals surface area contributed by atoms with Crippen LogP contribution in [0.2, 0.25) is 0 Å². The topological polar surface area (TPSA) is 63.5 Å². The highest BCUT2D eigenvalue weighted by molar-refractivity contribution is 5.83. The zero-order valence-corrected chi connectivity index (χ0v) is 17.2. The molecule has 5 nitrogen and oxygen atoms in total. The molecule has 0 bridgehead atoms. The molecule has 0 saturated carbocycles. The largest absolute Gasteiger partial charge is 0.489 e. The molecule has 1 aliphatic heterocycles. The van der Waals surface area contributed by atoms with E-state index in [1.807, 2.05) is 12.1 Å². The highest BCUT2D eigenvalue weighted by Crippen LogP contribution is 2.35. The van der Waals surface area contributed by atoms with Gasteiger partial charge < -0.3 is 14.6 Å². The molecule has 2 heterocycles. The fourth-order valence-electron chi connectivity index (χ4n) is 4.23. The molecule has 1 unspecified atom stereocenters. The van der Waals surface area contributed by atoms with E-state index in [1.54, 1.807) is 12.1 Å². The zero-order valence-electron chi connectivity index (χ0n) is 17.2. The van der Waals surface area contributed by atoms with Crippen molar-refractivity contribution < 1.29 is 9.15 Å². The van der Waals surface area contributed by atoms with E-state index in [9.17, 15) is 4.79 Å². The first kappa shape index (κ1) is 18.7. The molecule has 6 rings (SSSR count). The second-order valence-corrected chi connectivity index (χ2v) is 7.97. The van der Waals surface area contributed by atoms with Crippen LogP contribution in [0.5, 0.6) is 5.75 Å². The lowest BCUT2D eigenvalue weighted by Gasteiger charge is -2.14. The van der Waals surface area contributed by atoms with Gasteiger partial charge >= 0.3 is 5.63 Å². The monoisotopic (exact) mass is 420 g/mol. The van der Waals surface area contributed by atoms with Gasteiger partial charge in [-0.3, -0.25) is 0 Å². The molecule has 0 fully saturated rings. The minimum atomic E-state index is -0.368. The summed E-state index contributed by atoms with van der Waals surface area (Å²) in [7, 11) is 0. The Bertz CT molecular complexity index is 1520. The number of rotatable bonds is 4. The molecule has 32 heavy (non-hydrogen) atoms. The maximum absolute atomic E-state index is 11.5. The Morgan fingerprint density at radius 3 is 2.59 bits per heavy atom. The van der Waals surface area contributed by atoms with Crippen molar-refractivity contribution in [3.63, 3.8) is 0 Å². The van der Waals surface area contributed by atoms with Gasteiger partial charge in [-0.05, 0) is 58.3 Å². The van der Waals surface area contributed by atoms with Crippen molar-refractivity contribution in [1.29, 1.82) is 0 Å². The van der Waals surface area contributed by atoms with Crippen LogP contribution in [0, 0.1) is 0 Å². The molecule has 0 radical (unpaired) electrons. The van der Waals surface area contributed by atoms with Crippen LogP contribution in [0.3, 0.4) is 0 Å². The molecular formula is C27H20N2O3. The molecule has 5 aromatic rings. The number of hydrogen-bond donors (Lipinski definition) is 2. The summed E-state index contributed by atoms with van der Waals surface area (Å²) in [6.07, 6.45) is 0. The molecule has 0 aliphatic carbocycles. The maximum Gasteiger partial charge on any atom is 0.336 e. The lowest BCUT2D eigenvalue weighted by atomic mass is 9.95. The van der Waals surface area contributed by atoms with E-state index in [4.69, 9.17) is 9.15 Å². The Kier molecular flexibility index (Phi) is 4.40. The molecule has 0 saturated heterocycles. The third-order valence-corrected chi connectivity index (χ3v) is 5.89. The van der Waals surface area contributed by atoms with Gasteiger partial charge in [-0.1, -0.05) is 42.5 Å². The lowest BCUT2D eigenvalue weighted by molar-refractivity contribution is 0.306. The van der Waals surface area contributed by atoms with Crippen LogP contribution in [0.25, 0.3) is 21.7 Å². The van der Waals surface area contributed by atoms with Gasteiger partial charge in [0.25, 0.3) is 0 Å². The van der Waals surface area contributed by atoms with E-state index < -0.39 is 0 Å². The predicted molar refractivity (Wildman–Crippen MR) is 126 cm³/mol. The van der Waals surface area contributed by atoms with Gasteiger partial charge in [0, 0.05) is 23.1 Å². The van der Waals surface area contributed by atoms with E-state index in [2.05, 4.69) is 71.5 Å².